The number of fused-ring (bicyclic) bond motifs is 1. The third-order valence-electron chi connectivity index (χ3n) is 4.08. The number of carbonyl (C=O) groups is 1. The van der Waals surface area contributed by atoms with Crippen LogP contribution in [0.2, 0.25) is 0 Å². The van der Waals surface area contributed by atoms with E-state index < -0.39 is 21.9 Å². The van der Waals surface area contributed by atoms with Crippen molar-refractivity contribution in [1.29, 1.82) is 0 Å². The van der Waals surface area contributed by atoms with E-state index in [0.717, 1.165) is 5.56 Å². The minimum atomic E-state index is -3.36. The normalized spacial score (nSPS) is 13.4. The van der Waals surface area contributed by atoms with Gasteiger partial charge < -0.3 is 10.6 Å². The van der Waals surface area contributed by atoms with Gasteiger partial charge in [0.1, 0.15) is 5.82 Å². The first-order valence-electron chi connectivity index (χ1n) is 7.96. The maximum Gasteiger partial charge on any atom is 0.323 e. The lowest BCUT2D eigenvalue weighted by Crippen LogP contribution is -2.30. The Morgan fingerprint density at radius 3 is 2.69 bits per heavy atom. The van der Waals surface area contributed by atoms with Gasteiger partial charge in [0.15, 0.2) is 0 Å². The summed E-state index contributed by atoms with van der Waals surface area (Å²) in [6.07, 6.45) is 0.630. The summed E-state index contributed by atoms with van der Waals surface area (Å²) in [5.41, 5.74) is 1.95. The molecule has 1 heterocycles. The number of halogens is 2. The van der Waals surface area contributed by atoms with E-state index in [2.05, 4.69) is 26.6 Å². The summed E-state index contributed by atoms with van der Waals surface area (Å²) in [4.78, 5) is 12.1. The van der Waals surface area contributed by atoms with Gasteiger partial charge in [-0.15, -0.1) is 0 Å². The van der Waals surface area contributed by atoms with E-state index in [1.54, 1.807) is 31.2 Å². The predicted octanol–water partition coefficient (Wildman–Crippen LogP) is 3.94. The van der Waals surface area contributed by atoms with Crippen molar-refractivity contribution in [1.82, 2.24) is 0 Å². The zero-order chi connectivity index (χ0) is 18.9. The molecule has 1 aliphatic heterocycles. The number of amides is 2. The molecule has 26 heavy (non-hydrogen) atoms. The Labute approximate surface area is 159 Å². The molecule has 3 rings (SSSR count). The highest BCUT2D eigenvalue weighted by atomic mass is 79.9. The van der Waals surface area contributed by atoms with Gasteiger partial charge in [0.05, 0.1) is 17.1 Å². The van der Waals surface area contributed by atoms with E-state index >= 15 is 0 Å². The van der Waals surface area contributed by atoms with Crippen molar-refractivity contribution in [2.75, 3.05) is 27.2 Å². The molecule has 1 aliphatic rings. The molecule has 2 aromatic carbocycles. The third-order valence-corrected chi connectivity index (χ3v) is 6.35. The lowest BCUT2D eigenvalue weighted by atomic mass is 10.1. The van der Waals surface area contributed by atoms with E-state index in [0.29, 0.717) is 28.8 Å². The first kappa shape index (κ1) is 18.7. The first-order valence-corrected chi connectivity index (χ1v) is 10.4. The number of hydrogen-bond acceptors (Lipinski definition) is 3. The maximum absolute atomic E-state index is 13.8. The summed E-state index contributed by atoms with van der Waals surface area (Å²) in [6, 6.07) is 8.79. The van der Waals surface area contributed by atoms with Crippen molar-refractivity contribution < 1.29 is 17.6 Å². The molecule has 0 radical (unpaired) electrons. The monoisotopic (exact) mass is 441 g/mol. The average molecular weight is 442 g/mol. The number of anilines is 3. The zero-order valence-electron chi connectivity index (χ0n) is 13.9. The number of rotatable bonds is 4. The Hall–Kier alpha value is -2.13. The van der Waals surface area contributed by atoms with Gasteiger partial charge >= 0.3 is 6.03 Å². The topological polar surface area (TPSA) is 78.5 Å². The second-order valence-corrected chi connectivity index (χ2v) is 8.87. The second-order valence-electron chi connectivity index (χ2n) is 5.77. The van der Waals surface area contributed by atoms with Crippen LogP contribution in [0.1, 0.15) is 12.5 Å². The fourth-order valence-corrected chi connectivity index (χ4v) is 4.23. The van der Waals surface area contributed by atoms with Gasteiger partial charge in [-0.2, -0.15) is 0 Å². The molecule has 0 spiro atoms. The molecule has 9 heteroatoms. The van der Waals surface area contributed by atoms with Gasteiger partial charge in [-0.3, -0.25) is 4.31 Å². The van der Waals surface area contributed by atoms with E-state index in [9.17, 15) is 17.6 Å². The third kappa shape index (κ3) is 3.83. The van der Waals surface area contributed by atoms with Gasteiger partial charge in [-0.05, 0) is 49.2 Å². The molecule has 2 N–H and O–H groups in total. The molecule has 0 atom stereocenters. The minimum Gasteiger partial charge on any atom is -0.308 e. The van der Waals surface area contributed by atoms with Gasteiger partial charge in [0, 0.05) is 16.7 Å². The molecule has 0 unspecified atom stereocenters. The molecule has 138 valence electrons. The van der Waals surface area contributed by atoms with Crippen LogP contribution in [0.15, 0.2) is 40.9 Å². The molecular weight excluding hydrogens is 425 g/mol. The molecule has 0 fully saturated rings. The highest BCUT2D eigenvalue weighted by Gasteiger charge is 2.28. The number of hydrogen-bond donors (Lipinski definition) is 2. The summed E-state index contributed by atoms with van der Waals surface area (Å²) in [6.45, 7) is 1.99. The Bertz CT molecular complexity index is 966. The number of sulfonamides is 1. The highest BCUT2D eigenvalue weighted by Crippen LogP contribution is 2.33. The molecule has 2 amide bonds. The fourth-order valence-electron chi connectivity index (χ4n) is 2.75. The van der Waals surface area contributed by atoms with Crippen LogP contribution in [0.5, 0.6) is 0 Å². The molecular formula is C17H17BrFN3O3S. The summed E-state index contributed by atoms with van der Waals surface area (Å²) in [5.74, 6) is -0.559. The lowest BCUT2D eigenvalue weighted by Gasteiger charge is -2.19. The van der Waals surface area contributed by atoms with Crippen molar-refractivity contribution in [2.45, 2.75) is 13.3 Å². The highest BCUT2D eigenvalue weighted by molar-refractivity contribution is 9.10. The Kier molecular flexibility index (Phi) is 5.19. The van der Waals surface area contributed by atoms with Crippen LogP contribution in [0.3, 0.4) is 0 Å². The molecule has 0 bridgehead atoms. The zero-order valence-corrected chi connectivity index (χ0v) is 16.3. The number of nitrogens with one attached hydrogen (secondary N) is 2. The van der Waals surface area contributed by atoms with Crippen molar-refractivity contribution in [3.05, 3.63) is 52.3 Å². The maximum atomic E-state index is 13.8. The van der Waals surface area contributed by atoms with Gasteiger partial charge in [-0.25, -0.2) is 17.6 Å². The van der Waals surface area contributed by atoms with E-state index in [1.165, 1.54) is 16.4 Å². The number of urea groups is 1. The van der Waals surface area contributed by atoms with Gasteiger partial charge in [0.2, 0.25) is 10.0 Å². The Morgan fingerprint density at radius 1 is 1.23 bits per heavy atom. The standard InChI is InChI=1S/C17H17BrFN3O3S/c1-2-26(24,25)22-8-7-11-3-5-13(10-16(11)22)20-17(23)21-15-6-4-12(18)9-14(15)19/h3-6,9-10H,2,7-8H2,1H3,(H2,20,21,23). The molecule has 2 aromatic rings. The fraction of sp³-hybridized carbons (Fsp3) is 0.235. The Balaban J connectivity index is 1.77. The minimum absolute atomic E-state index is 0.00737. The summed E-state index contributed by atoms with van der Waals surface area (Å²) < 4.78 is 40.1. The van der Waals surface area contributed by atoms with Crippen molar-refractivity contribution in [3.63, 3.8) is 0 Å². The number of carbonyl (C=O) groups excluding carboxylic acids is 1. The van der Waals surface area contributed by atoms with E-state index in [1.807, 2.05) is 0 Å². The van der Waals surface area contributed by atoms with Crippen LogP contribution in [0.4, 0.5) is 26.2 Å². The molecule has 0 saturated heterocycles. The van der Waals surface area contributed by atoms with Crippen LogP contribution >= 0.6 is 15.9 Å². The van der Waals surface area contributed by atoms with Crippen molar-refractivity contribution in [3.8, 4) is 0 Å². The summed E-state index contributed by atoms with van der Waals surface area (Å²) in [5, 5.41) is 5.03. The molecule has 0 aromatic heterocycles. The van der Waals surface area contributed by atoms with Crippen LogP contribution in [0, 0.1) is 5.82 Å². The Morgan fingerprint density at radius 2 is 2.00 bits per heavy atom. The summed E-state index contributed by atoms with van der Waals surface area (Å²) in [7, 11) is -3.36. The van der Waals surface area contributed by atoms with Gasteiger partial charge in [-0.1, -0.05) is 22.0 Å². The number of benzene rings is 2. The van der Waals surface area contributed by atoms with E-state index in [-0.39, 0.29) is 11.4 Å². The second kappa shape index (κ2) is 7.24. The van der Waals surface area contributed by atoms with Crippen LogP contribution in [-0.4, -0.2) is 26.7 Å². The SMILES string of the molecule is CCS(=O)(=O)N1CCc2ccc(NC(=O)Nc3ccc(Br)cc3F)cc21. The van der Waals surface area contributed by atoms with Crippen molar-refractivity contribution in [2.24, 2.45) is 0 Å². The summed E-state index contributed by atoms with van der Waals surface area (Å²) >= 11 is 3.15. The quantitative estimate of drug-likeness (QED) is 0.753. The lowest BCUT2D eigenvalue weighted by molar-refractivity contribution is 0.262. The van der Waals surface area contributed by atoms with Crippen LogP contribution < -0.4 is 14.9 Å². The molecule has 6 nitrogen and oxygen atoms in total. The van der Waals surface area contributed by atoms with Crippen LogP contribution in [0.25, 0.3) is 0 Å². The smallest absolute Gasteiger partial charge is 0.308 e. The molecule has 0 aliphatic carbocycles. The van der Waals surface area contributed by atoms with Crippen LogP contribution in [-0.2, 0) is 16.4 Å². The molecule has 0 saturated carbocycles. The first-order chi connectivity index (χ1) is 12.3. The van der Waals surface area contributed by atoms with Gasteiger partial charge in [0.25, 0.3) is 0 Å². The predicted molar refractivity (Wildman–Crippen MR) is 104 cm³/mol. The largest absolute Gasteiger partial charge is 0.323 e. The van der Waals surface area contributed by atoms with E-state index in [4.69, 9.17) is 0 Å². The number of nitrogens with zero attached hydrogens (tertiary/aromatic N) is 1. The average Bonchev–Trinajstić information content (AvgIpc) is 3.01. The van der Waals surface area contributed by atoms with Crippen molar-refractivity contribution >= 4 is 49.0 Å².